The second-order valence-corrected chi connectivity index (χ2v) is 11.4. The summed E-state index contributed by atoms with van der Waals surface area (Å²) < 4.78 is 17.3. The van der Waals surface area contributed by atoms with Gasteiger partial charge in [-0.25, -0.2) is 4.79 Å². The Labute approximate surface area is 237 Å². The predicted molar refractivity (Wildman–Crippen MR) is 157 cm³/mol. The minimum atomic E-state index is -0.600. The Morgan fingerprint density at radius 2 is 1.68 bits per heavy atom. The number of amides is 2. The second kappa shape index (κ2) is 12.9. The fourth-order valence-corrected chi connectivity index (χ4v) is 4.38. The quantitative estimate of drug-likeness (QED) is 0.309. The highest BCUT2D eigenvalue weighted by molar-refractivity contribution is 5.95. The first-order valence-electron chi connectivity index (χ1n) is 13.4. The summed E-state index contributed by atoms with van der Waals surface area (Å²) in [7, 11) is 1.54. The number of carbonyl (C=O) groups excluding carboxylic acids is 2. The molecule has 8 heteroatoms. The maximum Gasteiger partial charge on any atom is 0.407 e. The van der Waals surface area contributed by atoms with Gasteiger partial charge in [0, 0.05) is 34.1 Å². The lowest BCUT2D eigenvalue weighted by atomic mass is 9.90. The number of alkyl carbamates (subject to hydrolysis) is 1. The molecule has 0 spiro atoms. The van der Waals surface area contributed by atoms with E-state index >= 15 is 0 Å². The number of methoxy groups -OCH3 is 1. The molecule has 0 bridgehead atoms. The van der Waals surface area contributed by atoms with E-state index < -0.39 is 17.5 Å². The Balaban J connectivity index is 2.15. The summed E-state index contributed by atoms with van der Waals surface area (Å²) in [6.45, 7) is 14.1. The Morgan fingerprint density at radius 3 is 2.25 bits per heavy atom. The number of pyridine rings is 1. The molecule has 40 heavy (non-hydrogen) atoms. The molecule has 1 heterocycles. The number of nitrogens with one attached hydrogen (secondary N) is 1. The number of ether oxygens (including phenoxy) is 3. The third kappa shape index (κ3) is 7.97. The molecule has 0 saturated heterocycles. The number of carbonyl (C=O) groups is 2. The van der Waals surface area contributed by atoms with Gasteiger partial charge in [-0.2, -0.15) is 0 Å². The van der Waals surface area contributed by atoms with Gasteiger partial charge in [-0.15, -0.1) is 0 Å². The maximum absolute atomic E-state index is 12.6. The summed E-state index contributed by atoms with van der Waals surface area (Å²) in [5, 5.41) is 2.85. The van der Waals surface area contributed by atoms with Gasteiger partial charge >= 0.3 is 6.09 Å². The van der Waals surface area contributed by atoms with Crippen molar-refractivity contribution in [3.8, 4) is 22.6 Å². The predicted octanol–water partition coefficient (Wildman–Crippen LogP) is 6.28. The largest absolute Gasteiger partial charge is 0.497 e. The minimum Gasteiger partial charge on any atom is -0.497 e. The van der Waals surface area contributed by atoms with Crippen LogP contribution >= 0.6 is 0 Å². The van der Waals surface area contributed by atoms with Gasteiger partial charge in [0.25, 0.3) is 5.91 Å². The highest BCUT2D eigenvalue weighted by atomic mass is 16.5. The molecule has 0 unspecified atom stereocenters. The lowest BCUT2D eigenvalue weighted by Gasteiger charge is -2.24. The summed E-state index contributed by atoms with van der Waals surface area (Å²) in [6, 6.07) is 13.1. The molecule has 0 atom stereocenters. The van der Waals surface area contributed by atoms with E-state index in [4.69, 9.17) is 24.9 Å². The third-order valence-corrected chi connectivity index (χ3v) is 6.28. The molecule has 0 aliphatic rings. The van der Waals surface area contributed by atoms with Gasteiger partial charge in [0.2, 0.25) is 0 Å². The molecule has 3 rings (SSSR count). The highest BCUT2D eigenvalue weighted by Gasteiger charge is 2.23. The first-order chi connectivity index (χ1) is 18.8. The van der Waals surface area contributed by atoms with Crippen molar-refractivity contribution in [2.45, 2.75) is 73.6 Å². The summed E-state index contributed by atoms with van der Waals surface area (Å²) >= 11 is 0. The summed E-state index contributed by atoms with van der Waals surface area (Å²) in [6.07, 6.45) is 0.209. The van der Waals surface area contributed by atoms with E-state index in [0.717, 1.165) is 39.2 Å². The van der Waals surface area contributed by atoms with Crippen LogP contribution in [0.4, 0.5) is 4.79 Å². The van der Waals surface area contributed by atoms with Gasteiger partial charge in [-0.3, -0.25) is 9.78 Å². The van der Waals surface area contributed by atoms with Crippen LogP contribution in [0.3, 0.4) is 0 Å². The first-order valence-corrected chi connectivity index (χ1v) is 13.4. The van der Waals surface area contributed by atoms with Gasteiger partial charge < -0.3 is 25.3 Å². The zero-order chi connectivity index (χ0) is 29.6. The van der Waals surface area contributed by atoms with Crippen LogP contribution in [0.25, 0.3) is 11.1 Å². The number of hydrogen-bond acceptors (Lipinski definition) is 6. The summed E-state index contributed by atoms with van der Waals surface area (Å²) in [5.74, 6) is 0.587. The van der Waals surface area contributed by atoms with Gasteiger partial charge in [-0.05, 0) is 70.2 Å². The molecule has 0 saturated carbocycles. The van der Waals surface area contributed by atoms with Crippen molar-refractivity contribution in [3.63, 3.8) is 0 Å². The lowest BCUT2D eigenvalue weighted by molar-refractivity contribution is 0.0995. The standard InChI is InChI=1S/C32H41N3O5/c1-19(2)15-27-26(18-40-31(37)35-32(5,6)7)29(22-11-9-20(3)10-12-22)25(21(4)34-27)17-39-28-16-23(38-8)13-14-24(28)30(33)36/h9-14,16,19H,15,17-18H2,1-8H3,(H2,33,36)(H,35,37). The average Bonchev–Trinajstić information content (AvgIpc) is 2.86. The van der Waals surface area contributed by atoms with Gasteiger partial charge in [0.1, 0.15) is 24.7 Å². The van der Waals surface area contributed by atoms with Crippen LogP contribution in [0.2, 0.25) is 0 Å². The van der Waals surface area contributed by atoms with Crippen molar-refractivity contribution >= 4 is 12.0 Å². The molecule has 3 N–H and O–H groups in total. The maximum atomic E-state index is 12.6. The molecule has 2 amide bonds. The SMILES string of the molecule is COc1ccc(C(N)=O)c(OCc2c(C)nc(CC(C)C)c(COC(=O)NC(C)(C)C)c2-c2ccc(C)cc2)c1. The molecule has 1 aromatic heterocycles. The van der Waals surface area contributed by atoms with Crippen molar-refractivity contribution in [2.75, 3.05) is 7.11 Å². The summed E-state index contributed by atoms with van der Waals surface area (Å²) in [4.78, 5) is 29.7. The molecule has 214 valence electrons. The van der Waals surface area contributed by atoms with Crippen molar-refractivity contribution in [1.82, 2.24) is 10.3 Å². The van der Waals surface area contributed by atoms with Crippen LogP contribution in [-0.2, 0) is 24.4 Å². The topological polar surface area (TPSA) is 113 Å². The number of benzene rings is 2. The highest BCUT2D eigenvalue weighted by Crippen LogP contribution is 2.35. The zero-order valence-electron chi connectivity index (χ0n) is 24.8. The van der Waals surface area contributed by atoms with E-state index in [0.29, 0.717) is 23.8 Å². The van der Waals surface area contributed by atoms with Gasteiger partial charge in [0.15, 0.2) is 0 Å². The summed E-state index contributed by atoms with van der Waals surface area (Å²) in [5.41, 5.74) is 11.7. The van der Waals surface area contributed by atoms with E-state index in [1.807, 2.05) is 58.9 Å². The molecular weight excluding hydrogens is 506 g/mol. The number of rotatable bonds is 10. The van der Waals surface area contributed by atoms with Crippen LogP contribution in [0.1, 0.15) is 73.1 Å². The van der Waals surface area contributed by atoms with Gasteiger partial charge in [-0.1, -0.05) is 43.7 Å². The van der Waals surface area contributed by atoms with Crippen molar-refractivity contribution in [2.24, 2.45) is 11.7 Å². The normalized spacial score (nSPS) is 11.3. The molecule has 3 aromatic rings. The van der Waals surface area contributed by atoms with Crippen molar-refractivity contribution < 1.29 is 23.8 Å². The molecule has 0 aliphatic carbocycles. The smallest absolute Gasteiger partial charge is 0.407 e. The molecule has 0 aliphatic heterocycles. The third-order valence-electron chi connectivity index (χ3n) is 6.28. The molecule has 8 nitrogen and oxygen atoms in total. The van der Waals surface area contributed by atoms with E-state index in [-0.39, 0.29) is 18.8 Å². The van der Waals surface area contributed by atoms with E-state index in [9.17, 15) is 9.59 Å². The van der Waals surface area contributed by atoms with Crippen molar-refractivity contribution in [3.05, 3.63) is 76.1 Å². The number of aromatic nitrogens is 1. The zero-order valence-corrected chi connectivity index (χ0v) is 24.8. The molecule has 2 aromatic carbocycles. The van der Waals surface area contributed by atoms with Crippen LogP contribution in [0.15, 0.2) is 42.5 Å². The monoisotopic (exact) mass is 547 g/mol. The van der Waals surface area contributed by atoms with E-state index in [1.54, 1.807) is 25.3 Å². The fraction of sp³-hybridized carbons (Fsp3) is 0.406. The average molecular weight is 548 g/mol. The number of hydrogen-bond donors (Lipinski definition) is 2. The number of aryl methyl sites for hydroxylation is 2. The van der Waals surface area contributed by atoms with E-state index in [1.165, 1.54) is 0 Å². The van der Waals surface area contributed by atoms with E-state index in [2.05, 4.69) is 19.2 Å². The number of nitrogens with zero attached hydrogens (tertiary/aromatic N) is 1. The van der Waals surface area contributed by atoms with Crippen molar-refractivity contribution in [1.29, 1.82) is 0 Å². The Hall–Kier alpha value is -4.07. The minimum absolute atomic E-state index is 0.0408. The lowest BCUT2D eigenvalue weighted by Crippen LogP contribution is -2.40. The number of primary amides is 1. The van der Waals surface area contributed by atoms with Crippen LogP contribution in [0, 0.1) is 19.8 Å². The fourth-order valence-electron chi connectivity index (χ4n) is 4.38. The Kier molecular flexibility index (Phi) is 9.79. The van der Waals surface area contributed by atoms with Crippen LogP contribution in [-0.4, -0.2) is 29.6 Å². The number of nitrogens with two attached hydrogens (primary N) is 1. The Bertz CT molecular complexity index is 1360. The Morgan fingerprint density at radius 1 is 1.00 bits per heavy atom. The van der Waals surface area contributed by atoms with Crippen LogP contribution in [0.5, 0.6) is 11.5 Å². The first kappa shape index (κ1) is 30.5. The van der Waals surface area contributed by atoms with Crippen LogP contribution < -0.4 is 20.5 Å². The molecular formula is C32H41N3O5. The molecule has 0 fully saturated rings. The van der Waals surface area contributed by atoms with Gasteiger partial charge in [0.05, 0.1) is 12.7 Å². The second-order valence-electron chi connectivity index (χ2n) is 11.4. The molecule has 0 radical (unpaired) electrons.